The van der Waals surface area contributed by atoms with Crippen LogP contribution in [0.15, 0.2) is 16.9 Å². The van der Waals surface area contributed by atoms with Crippen molar-refractivity contribution in [3.8, 4) is 0 Å². The van der Waals surface area contributed by atoms with Crippen LogP contribution in [0.25, 0.3) is 0 Å². The fourth-order valence-electron chi connectivity index (χ4n) is 2.96. The van der Waals surface area contributed by atoms with Crippen molar-refractivity contribution in [3.05, 3.63) is 16.9 Å². The second kappa shape index (κ2) is 4.53. The molecule has 17 heavy (non-hydrogen) atoms. The average molecular weight is 297 g/mol. The second-order valence-electron chi connectivity index (χ2n) is 4.99. The van der Waals surface area contributed by atoms with Gasteiger partial charge in [0.2, 0.25) is 5.95 Å². The molecule has 0 aliphatic carbocycles. The zero-order valence-electron chi connectivity index (χ0n) is 10.0. The first-order valence-corrected chi connectivity index (χ1v) is 6.98. The number of likely N-dealkylation sites (N-methyl/N-ethyl adjacent to an activating group) is 1. The van der Waals surface area contributed by atoms with Gasteiger partial charge >= 0.3 is 0 Å². The number of hydrogen-bond acceptors (Lipinski definition) is 4. The van der Waals surface area contributed by atoms with Crippen LogP contribution in [0.2, 0.25) is 0 Å². The molecule has 0 aromatic carbocycles. The zero-order valence-corrected chi connectivity index (χ0v) is 11.6. The van der Waals surface area contributed by atoms with Crippen molar-refractivity contribution in [1.82, 2.24) is 14.9 Å². The highest BCUT2D eigenvalue weighted by Gasteiger charge is 2.35. The van der Waals surface area contributed by atoms with Crippen LogP contribution in [-0.4, -0.2) is 47.1 Å². The molecule has 2 atom stereocenters. The lowest BCUT2D eigenvalue weighted by atomic mass is 10.1. The van der Waals surface area contributed by atoms with Gasteiger partial charge in [-0.2, -0.15) is 0 Å². The first-order chi connectivity index (χ1) is 8.24. The van der Waals surface area contributed by atoms with Crippen LogP contribution in [0.3, 0.4) is 0 Å². The monoisotopic (exact) mass is 296 g/mol. The fraction of sp³-hybridized carbons (Fsp3) is 0.667. The molecule has 2 bridgehead atoms. The first-order valence-electron chi connectivity index (χ1n) is 6.18. The smallest absolute Gasteiger partial charge is 0.225 e. The van der Waals surface area contributed by atoms with Crippen LogP contribution < -0.4 is 4.90 Å². The highest BCUT2D eigenvalue weighted by Crippen LogP contribution is 2.29. The van der Waals surface area contributed by atoms with Crippen molar-refractivity contribution in [2.45, 2.75) is 31.3 Å². The van der Waals surface area contributed by atoms with Gasteiger partial charge in [0.1, 0.15) is 0 Å². The molecule has 0 amide bonds. The van der Waals surface area contributed by atoms with Gasteiger partial charge in [0.25, 0.3) is 0 Å². The molecular weight excluding hydrogens is 280 g/mol. The molecule has 92 valence electrons. The predicted octanol–water partition coefficient (Wildman–Crippen LogP) is 1.91. The molecule has 0 saturated carbocycles. The standard InChI is InChI=1S/C12H17BrN4/c1-16-10-2-3-11(16)8-17(5-4-10)12-14-6-9(13)7-15-12/h6-7,10-11H,2-5,8H2,1H3. The van der Waals surface area contributed by atoms with E-state index in [0.717, 1.165) is 29.6 Å². The summed E-state index contributed by atoms with van der Waals surface area (Å²) < 4.78 is 0.940. The lowest BCUT2D eigenvalue weighted by molar-refractivity contribution is 0.254. The largest absolute Gasteiger partial charge is 0.339 e. The van der Waals surface area contributed by atoms with Crippen molar-refractivity contribution in [1.29, 1.82) is 0 Å². The summed E-state index contributed by atoms with van der Waals surface area (Å²) in [6, 6.07) is 1.44. The molecule has 3 rings (SSSR count). The maximum atomic E-state index is 4.40. The molecular formula is C12H17BrN4. The van der Waals surface area contributed by atoms with Gasteiger partial charge in [-0.3, -0.25) is 4.90 Å². The van der Waals surface area contributed by atoms with Crippen molar-refractivity contribution in [2.24, 2.45) is 0 Å². The summed E-state index contributed by atoms with van der Waals surface area (Å²) in [6.07, 6.45) is 7.56. The van der Waals surface area contributed by atoms with E-state index in [1.807, 2.05) is 12.4 Å². The van der Waals surface area contributed by atoms with Gasteiger partial charge in [-0.1, -0.05) is 0 Å². The van der Waals surface area contributed by atoms with E-state index in [1.165, 1.54) is 19.3 Å². The van der Waals surface area contributed by atoms with Crippen LogP contribution in [0.1, 0.15) is 19.3 Å². The van der Waals surface area contributed by atoms with Crippen LogP contribution in [0, 0.1) is 0 Å². The Kier molecular flexibility index (Phi) is 3.04. The summed E-state index contributed by atoms with van der Waals surface area (Å²) in [5.41, 5.74) is 0. The number of fused-ring (bicyclic) bond motifs is 2. The molecule has 1 aromatic rings. The Bertz CT molecular complexity index is 394. The van der Waals surface area contributed by atoms with E-state index in [0.29, 0.717) is 6.04 Å². The van der Waals surface area contributed by atoms with Crippen LogP contribution in [0.5, 0.6) is 0 Å². The summed E-state index contributed by atoms with van der Waals surface area (Å²) in [7, 11) is 2.26. The Morgan fingerprint density at radius 1 is 1.18 bits per heavy atom. The number of halogens is 1. The summed E-state index contributed by atoms with van der Waals surface area (Å²) in [4.78, 5) is 13.7. The van der Waals surface area contributed by atoms with Crippen molar-refractivity contribution >= 4 is 21.9 Å². The third-order valence-corrected chi connectivity index (χ3v) is 4.45. The molecule has 3 heterocycles. The van der Waals surface area contributed by atoms with Crippen LogP contribution in [-0.2, 0) is 0 Å². The number of hydrogen-bond donors (Lipinski definition) is 0. The Hall–Kier alpha value is -0.680. The Morgan fingerprint density at radius 3 is 2.65 bits per heavy atom. The Labute approximate surface area is 110 Å². The number of anilines is 1. The van der Waals surface area contributed by atoms with Gasteiger partial charge in [-0.05, 0) is 42.2 Å². The maximum Gasteiger partial charge on any atom is 0.225 e. The van der Waals surface area contributed by atoms with Crippen molar-refractivity contribution in [3.63, 3.8) is 0 Å². The van der Waals surface area contributed by atoms with Crippen LogP contribution >= 0.6 is 15.9 Å². The van der Waals surface area contributed by atoms with E-state index in [9.17, 15) is 0 Å². The Balaban J connectivity index is 1.79. The molecule has 0 N–H and O–H groups in total. The van der Waals surface area contributed by atoms with Gasteiger partial charge in [0.15, 0.2) is 0 Å². The van der Waals surface area contributed by atoms with Crippen molar-refractivity contribution < 1.29 is 0 Å². The first kappa shape index (κ1) is 11.4. The minimum Gasteiger partial charge on any atom is -0.339 e. The highest BCUT2D eigenvalue weighted by molar-refractivity contribution is 9.10. The average Bonchev–Trinajstić information content (AvgIpc) is 2.55. The zero-order chi connectivity index (χ0) is 11.8. The molecule has 2 aliphatic rings. The summed E-state index contributed by atoms with van der Waals surface area (Å²) in [5.74, 6) is 0.870. The quantitative estimate of drug-likeness (QED) is 0.792. The van der Waals surface area contributed by atoms with E-state index >= 15 is 0 Å². The normalized spacial score (nSPS) is 29.4. The van der Waals surface area contributed by atoms with Gasteiger partial charge in [-0.15, -0.1) is 0 Å². The molecule has 2 unspecified atom stereocenters. The van der Waals surface area contributed by atoms with E-state index in [2.05, 4.69) is 42.7 Å². The van der Waals surface area contributed by atoms with Crippen molar-refractivity contribution in [2.75, 3.05) is 25.0 Å². The number of nitrogens with zero attached hydrogens (tertiary/aromatic N) is 4. The molecule has 0 spiro atoms. The van der Waals surface area contributed by atoms with Gasteiger partial charge in [0.05, 0.1) is 4.47 Å². The van der Waals surface area contributed by atoms with E-state index in [-0.39, 0.29) is 0 Å². The molecule has 4 nitrogen and oxygen atoms in total. The maximum absolute atomic E-state index is 4.40. The molecule has 1 aromatic heterocycles. The molecule has 0 radical (unpaired) electrons. The molecule has 2 fully saturated rings. The molecule has 5 heteroatoms. The summed E-state index contributed by atoms with van der Waals surface area (Å²) in [5, 5.41) is 0. The summed E-state index contributed by atoms with van der Waals surface area (Å²) in [6.45, 7) is 2.14. The predicted molar refractivity (Wildman–Crippen MR) is 71.1 cm³/mol. The lowest BCUT2D eigenvalue weighted by Crippen LogP contribution is -2.37. The highest BCUT2D eigenvalue weighted by atomic mass is 79.9. The SMILES string of the molecule is CN1C2CCC1CN(c1ncc(Br)cn1)CC2. The molecule has 2 aliphatic heterocycles. The minimum atomic E-state index is 0.676. The van der Waals surface area contributed by atoms with Gasteiger partial charge in [-0.25, -0.2) is 9.97 Å². The van der Waals surface area contributed by atoms with Crippen LogP contribution in [0.4, 0.5) is 5.95 Å². The molecule has 2 saturated heterocycles. The second-order valence-corrected chi connectivity index (χ2v) is 5.90. The third kappa shape index (κ3) is 2.18. The number of aromatic nitrogens is 2. The summed E-state index contributed by atoms with van der Waals surface area (Å²) >= 11 is 3.38. The van der Waals surface area contributed by atoms with Gasteiger partial charge in [0, 0.05) is 37.6 Å². The van der Waals surface area contributed by atoms with E-state index < -0.39 is 0 Å². The van der Waals surface area contributed by atoms with E-state index in [4.69, 9.17) is 0 Å². The lowest BCUT2D eigenvalue weighted by Gasteiger charge is -2.25. The minimum absolute atomic E-state index is 0.676. The topological polar surface area (TPSA) is 32.3 Å². The Morgan fingerprint density at radius 2 is 1.88 bits per heavy atom. The third-order valence-electron chi connectivity index (χ3n) is 4.04. The fourth-order valence-corrected chi connectivity index (χ4v) is 3.16. The number of rotatable bonds is 1. The van der Waals surface area contributed by atoms with Gasteiger partial charge < -0.3 is 4.90 Å². The van der Waals surface area contributed by atoms with E-state index in [1.54, 1.807) is 0 Å².